The number of hydrogen-bond donors (Lipinski definition) is 2. The highest BCUT2D eigenvalue weighted by atomic mass is 19.2. The van der Waals surface area contributed by atoms with Crippen LogP contribution in [0.25, 0.3) is 27.8 Å². The summed E-state index contributed by atoms with van der Waals surface area (Å²) < 4.78 is 35.7. The number of nitrogens with zero attached hydrogens (tertiary/aromatic N) is 3. The Morgan fingerprint density at radius 3 is 2.54 bits per heavy atom. The van der Waals surface area contributed by atoms with Crippen molar-refractivity contribution in [1.82, 2.24) is 9.72 Å². The number of para-hydroxylation sites is 1. The van der Waals surface area contributed by atoms with Crippen LogP contribution >= 0.6 is 0 Å². The number of phenolic OH excluding ortho intramolecular Hbond substituents is 1. The number of rotatable bonds is 3. The third-order valence-electron chi connectivity index (χ3n) is 4.65. The van der Waals surface area contributed by atoms with Crippen molar-refractivity contribution in [2.75, 3.05) is 0 Å². The quantitative estimate of drug-likeness (QED) is 0.305. The molecule has 0 radical (unpaired) electrons. The van der Waals surface area contributed by atoms with Crippen LogP contribution in [0.2, 0.25) is 0 Å². The monoisotopic (exact) mass is 383 g/mol. The first-order chi connectivity index (χ1) is 13.5. The molecule has 0 spiro atoms. The molecule has 0 atom stereocenters. The van der Waals surface area contributed by atoms with Gasteiger partial charge in [-0.3, -0.25) is 0 Å². The van der Waals surface area contributed by atoms with Crippen LogP contribution in [-0.4, -0.2) is 26.3 Å². The summed E-state index contributed by atoms with van der Waals surface area (Å²) in [5.41, 5.74) is 2.46. The minimum Gasteiger partial charge on any atom is -0.505 e. The predicted molar refractivity (Wildman–Crippen MR) is 99.2 cm³/mol. The van der Waals surface area contributed by atoms with Crippen molar-refractivity contribution < 1.29 is 23.6 Å². The highest BCUT2D eigenvalue weighted by Gasteiger charge is 2.26. The molecule has 0 aliphatic heterocycles. The van der Waals surface area contributed by atoms with Gasteiger partial charge in [-0.1, -0.05) is 28.5 Å². The Bertz CT molecular complexity index is 1220. The standard InChI is InChI=1S/C20H15F2N3O3/c1-10-17(11(2)28-24-10)20-13(9-23-27)12-5-3-4-6-14(12)25(20)15-7-8-16(26)19(22)18(15)21/h3-9,26-27H,1-2H3. The van der Waals surface area contributed by atoms with E-state index in [1.54, 1.807) is 38.1 Å². The van der Waals surface area contributed by atoms with Gasteiger partial charge in [0.05, 0.1) is 34.4 Å². The molecule has 28 heavy (non-hydrogen) atoms. The van der Waals surface area contributed by atoms with Gasteiger partial charge in [-0.2, -0.15) is 4.39 Å². The Balaban J connectivity index is 2.24. The van der Waals surface area contributed by atoms with E-state index < -0.39 is 17.4 Å². The van der Waals surface area contributed by atoms with E-state index in [9.17, 15) is 19.1 Å². The van der Waals surface area contributed by atoms with Gasteiger partial charge >= 0.3 is 0 Å². The van der Waals surface area contributed by atoms with Crippen LogP contribution in [0.15, 0.2) is 46.1 Å². The fourth-order valence-corrected chi connectivity index (χ4v) is 3.47. The maximum Gasteiger partial charge on any atom is 0.202 e. The topological polar surface area (TPSA) is 83.8 Å². The van der Waals surface area contributed by atoms with Gasteiger partial charge in [-0.15, -0.1) is 0 Å². The minimum atomic E-state index is -1.35. The number of phenols is 1. The SMILES string of the molecule is Cc1noc(C)c1-c1c(C=NO)c2ccccc2n1-c1ccc(O)c(F)c1F. The number of aryl methyl sites for hydroxylation is 2. The summed E-state index contributed by atoms with van der Waals surface area (Å²) in [7, 11) is 0. The van der Waals surface area contributed by atoms with E-state index in [0.29, 0.717) is 39.2 Å². The largest absolute Gasteiger partial charge is 0.505 e. The van der Waals surface area contributed by atoms with Gasteiger partial charge in [0, 0.05) is 10.9 Å². The fourth-order valence-electron chi connectivity index (χ4n) is 3.47. The number of hydrogen-bond acceptors (Lipinski definition) is 5. The van der Waals surface area contributed by atoms with Crippen molar-refractivity contribution in [2.45, 2.75) is 13.8 Å². The normalized spacial score (nSPS) is 11.7. The predicted octanol–water partition coefficient (Wildman–Crippen LogP) is 4.69. The first kappa shape index (κ1) is 17.7. The molecule has 0 saturated heterocycles. The van der Waals surface area contributed by atoms with Crippen LogP contribution in [0.3, 0.4) is 0 Å². The molecule has 2 N–H and O–H groups in total. The van der Waals surface area contributed by atoms with Gasteiger partial charge < -0.3 is 19.4 Å². The van der Waals surface area contributed by atoms with Crippen molar-refractivity contribution in [3.05, 3.63) is 65.1 Å². The number of oxime groups is 1. The Morgan fingerprint density at radius 2 is 1.86 bits per heavy atom. The molecule has 0 amide bonds. The average Bonchev–Trinajstić information content (AvgIpc) is 3.17. The summed E-state index contributed by atoms with van der Waals surface area (Å²) in [5.74, 6) is -2.87. The Morgan fingerprint density at radius 1 is 1.11 bits per heavy atom. The van der Waals surface area contributed by atoms with Crippen LogP contribution in [0, 0.1) is 25.5 Å². The lowest BCUT2D eigenvalue weighted by Gasteiger charge is -2.13. The van der Waals surface area contributed by atoms with Crippen molar-refractivity contribution >= 4 is 17.1 Å². The van der Waals surface area contributed by atoms with Gasteiger partial charge in [0.15, 0.2) is 11.6 Å². The number of aromatic hydroxyl groups is 1. The zero-order valence-electron chi connectivity index (χ0n) is 14.9. The first-order valence-corrected chi connectivity index (χ1v) is 8.37. The second-order valence-electron chi connectivity index (χ2n) is 6.29. The molecule has 0 aliphatic carbocycles. The van der Waals surface area contributed by atoms with Gasteiger partial charge in [0.1, 0.15) is 5.76 Å². The smallest absolute Gasteiger partial charge is 0.202 e. The van der Waals surface area contributed by atoms with Crippen molar-refractivity contribution in [3.63, 3.8) is 0 Å². The molecule has 0 unspecified atom stereocenters. The number of halogens is 2. The second kappa shape index (κ2) is 6.49. The van der Waals surface area contributed by atoms with Gasteiger partial charge in [-0.05, 0) is 32.0 Å². The summed E-state index contributed by atoms with van der Waals surface area (Å²) in [4.78, 5) is 0. The Hall–Kier alpha value is -3.68. The number of fused-ring (bicyclic) bond motifs is 1. The number of aromatic nitrogens is 2. The van der Waals surface area contributed by atoms with Gasteiger partial charge in [0.2, 0.25) is 5.82 Å². The van der Waals surface area contributed by atoms with Gasteiger partial charge in [-0.25, -0.2) is 4.39 Å². The van der Waals surface area contributed by atoms with Crippen molar-refractivity contribution in [2.24, 2.45) is 5.16 Å². The van der Waals surface area contributed by atoms with E-state index in [-0.39, 0.29) is 5.69 Å². The maximum absolute atomic E-state index is 14.8. The fraction of sp³-hybridized carbons (Fsp3) is 0.100. The van der Waals surface area contributed by atoms with Gasteiger partial charge in [0.25, 0.3) is 0 Å². The molecule has 2 aromatic heterocycles. The van der Waals surface area contributed by atoms with Crippen LogP contribution in [-0.2, 0) is 0 Å². The zero-order valence-corrected chi connectivity index (χ0v) is 14.9. The van der Waals surface area contributed by atoms with Crippen molar-refractivity contribution in [1.29, 1.82) is 0 Å². The molecule has 142 valence electrons. The van der Waals surface area contributed by atoms with E-state index in [1.807, 2.05) is 0 Å². The molecule has 4 aromatic rings. The Kier molecular flexibility index (Phi) is 4.11. The second-order valence-corrected chi connectivity index (χ2v) is 6.29. The molecule has 0 saturated carbocycles. The van der Waals surface area contributed by atoms with Crippen LogP contribution in [0.4, 0.5) is 8.78 Å². The summed E-state index contributed by atoms with van der Waals surface area (Å²) in [6.07, 6.45) is 1.23. The summed E-state index contributed by atoms with van der Waals surface area (Å²) in [6, 6.07) is 9.41. The zero-order chi connectivity index (χ0) is 20.0. The lowest BCUT2D eigenvalue weighted by Crippen LogP contribution is -2.04. The van der Waals surface area contributed by atoms with Crippen LogP contribution in [0.1, 0.15) is 17.0 Å². The summed E-state index contributed by atoms with van der Waals surface area (Å²) in [6.45, 7) is 3.42. The molecule has 6 nitrogen and oxygen atoms in total. The van der Waals surface area contributed by atoms with E-state index in [2.05, 4.69) is 10.3 Å². The molecule has 0 aliphatic rings. The van der Waals surface area contributed by atoms with Crippen molar-refractivity contribution in [3.8, 4) is 22.7 Å². The molecule has 8 heteroatoms. The van der Waals surface area contributed by atoms with E-state index in [1.165, 1.54) is 16.8 Å². The lowest BCUT2D eigenvalue weighted by atomic mass is 10.0. The summed E-state index contributed by atoms with van der Waals surface area (Å²) in [5, 5.41) is 26.5. The molecule has 4 rings (SSSR count). The van der Waals surface area contributed by atoms with Crippen LogP contribution in [0.5, 0.6) is 5.75 Å². The third-order valence-corrected chi connectivity index (χ3v) is 4.65. The average molecular weight is 383 g/mol. The first-order valence-electron chi connectivity index (χ1n) is 8.37. The van der Waals surface area contributed by atoms with E-state index >= 15 is 0 Å². The molecule has 0 bridgehead atoms. The molecule has 2 aromatic carbocycles. The molecule has 2 heterocycles. The molecule has 0 fully saturated rings. The maximum atomic E-state index is 14.8. The minimum absolute atomic E-state index is 0.112. The highest BCUT2D eigenvalue weighted by molar-refractivity contribution is 6.07. The lowest BCUT2D eigenvalue weighted by molar-refractivity contribution is 0.322. The number of benzene rings is 2. The van der Waals surface area contributed by atoms with E-state index in [4.69, 9.17) is 4.52 Å². The molecular weight excluding hydrogens is 368 g/mol. The molecular formula is C20H15F2N3O3. The van der Waals surface area contributed by atoms with E-state index in [0.717, 1.165) is 6.07 Å². The third kappa shape index (κ3) is 2.45. The highest BCUT2D eigenvalue weighted by Crippen LogP contribution is 2.39. The van der Waals surface area contributed by atoms with Crippen LogP contribution < -0.4 is 0 Å². The summed E-state index contributed by atoms with van der Waals surface area (Å²) >= 11 is 0. The Labute approximate surface area is 157 Å².